The van der Waals surface area contributed by atoms with Crippen molar-refractivity contribution in [3.05, 3.63) is 0 Å². The van der Waals surface area contributed by atoms with Crippen LogP contribution in [0.1, 0.15) is 45.4 Å². The molecule has 0 spiro atoms. The van der Waals surface area contributed by atoms with Crippen LogP contribution in [0.4, 0.5) is 17.6 Å². The van der Waals surface area contributed by atoms with Gasteiger partial charge in [0.2, 0.25) is 5.91 Å². The largest absolute Gasteiger partial charge is 0.392 e. The number of amides is 1. The second-order valence-corrected chi connectivity index (χ2v) is 11.0. The zero-order chi connectivity index (χ0) is 21.6. The van der Waals surface area contributed by atoms with Crippen LogP contribution in [0.3, 0.4) is 0 Å². The summed E-state index contributed by atoms with van der Waals surface area (Å²) >= 11 is 1.73. The summed E-state index contributed by atoms with van der Waals surface area (Å²) in [5, 5.41) is 0.175. The van der Waals surface area contributed by atoms with E-state index < -0.39 is 30.1 Å². The number of rotatable bonds is 4. The molecule has 4 fully saturated rings. The van der Waals surface area contributed by atoms with Crippen molar-refractivity contribution in [2.24, 2.45) is 23.7 Å². The van der Waals surface area contributed by atoms with Crippen molar-refractivity contribution in [1.82, 2.24) is 20.7 Å². The number of alkyl halides is 4. The molecule has 10 heteroatoms. The molecule has 7 unspecified atom stereocenters. The molecule has 2 saturated heterocycles. The molecule has 4 aliphatic rings. The standard InChI is InChI=1S/C20H32F4N4OS/c1-11(30-19-26-25-10-27(19)2)12-6-13(21)8-14(7-12)28-9-16-15(18(28)29)4-3-5-17(16)20(22,23)24/h11-17,19,25-26H,3-10H2,1-2H3/t11-,12?,13?,14?,15?,16?,17?,19?/m0/s1. The Morgan fingerprint density at radius 2 is 1.97 bits per heavy atom. The number of nitrogens with zero attached hydrogens (tertiary/aromatic N) is 2. The molecule has 5 nitrogen and oxygen atoms in total. The van der Waals surface area contributed by atoms with E-state index in [1.807, 2.05) is 7.05 Å². The summed E-state index contributed by atoms with van der Waals surface area (Å²) in [5.74, 6) is -2.70. The third-order valence-electron chi connectivity index (χ3n) is 7.56. The van der Waals surface area contributed by atoms with Gasteiger partial charge in [0.25, 0.3) is 0 Å². The van der Waals surface area contributed by atoms with Crippen LogP contribution >= 0.6 is 11.8 Å². The highest BCUT2D eigenvalue weighted by molar-refractivity contribution is 8.00. The molecule has 0 aromatic carbocycles. The molecule has 1 amide bonds. The summed E-state index contributed by atoms with van der Waals surface area (Å²) in [4.78, 5) is 16.8. The summed E-state index contributed by atoms with van der Waals surface area (Å²) in [6, 6.07) is -0.291. The molecule has 2 saturated carbocycles. The molecular formula is C20H32F4N4OS. The average Bonchev–Trinajstić information content (AvgIpc) is 3.23. The fourth-order valence-corrected chi connectivity index (χ4v) is 7.18. The third-order valence-corrected chi connectivity index (χ3v) is 9.11. The van der Waals surface area contributed by atoms with E-state index in [-0.39, 0.29) is 48.0 Å². The lowest BCUT2D eigenvalue weighted by molar-refractivity contribution is -0.198. The predicted molar refractivity (Wildman–Crippen MR) is 108 cm³/mol. The Bertz CT molecular complexity index is 638. The first kappa shape index (κ1) is 22.6. The van der Waals surface area contributed by atoms with E-state index in [0.717, 1.165) is 6.67 Å². The van der Waals surface area contributed by atoms with E-state index in [0.29, 0.717) is 25.7 Å². The summed E-state index contributed by atoms with van der Waals surface area (Å²) in [6.07, 6.45) is -2.84. The molecule has 4 rings (SSSR count). The van der Waals surface area contributed by atoms with Gasteiger partial charge >= 0.3 is 6.18 Å². The highest BCUT2D eigenvalue weighted by Gasteiger charge is 2.56. The SMILES string of the molecule is C[C@H](SC1NNCN1C)C1CC(F)CC(N2CC3C(CCCC3C(F)(F)F)C2=O)C1. The van der Waals surface area contributed by atoms with Crippen LogP contribution in [-0.2, 0) is 4.79 Å². The van der Waals surface area contributed by atoms with Crippen LogP contribution in [0.25, 0.3) is 0 Å². The highest BCUT2D eigenvalue weighted by atomic mass is 32.2. The Labute approximate surface area is 179 Å². The van der Waals surface area contributed by atoms with E-state index in [9.17, 15) is 22.4 Å². The average molecular weight is 453 g/mol. The van der Waals surface area contributed by atoms with Crippen molar-refractivity contribution < 1.29 is 22.4 Å². The van der Waals surface area contributed by atoms with Gasteiger partial charge in [0.15, 0.2) is 0 Å². The van der Waals surface area contributed by atoms with Gasteiger partial charge in [-0.3, -0.25) is 9.69 Å². The third kappa shape index (κ3) is 4.47. The van der Waals surface area contributed by atoms with Gasteiger partial charge in [-0.05, 0) is 51.0 Å². The number of fused-ring (bicyclic) bond motifs is 1. The minimum absolute atomic E-state index is 0.0911. The van der Waals surface area contributed by atoms with Gasteiger partial charge in [-0.1, -0.05) is 13.3 Å². The maximum Gasteiger partial charge on any atom is 0.392 e. The van der Waals surface area contributed by atoms with Crippen LogP contribution in [0, 0.1) is 23.7 Å². The number of nitrogens with one attached hydrogen (secondary N) is 2. The normalized spacial score (nSPS) is 41.9. The van der Waals surface area contributed by atoms with Gasteiger partial charge in [-0.15, -0.1) is 11.8 Å². The highest BCUT2D eigenvalue weighted by Crippen LogP contribution is 2.49. The molecule has 0 radical (unpaired) electrons. The van der Waals surface area contributed by atoms with Crippen LogP contribution < -0.4 is 10.9 Å². The van der Waals surface area contributed by atoms with E-state index in [4.69, 9.17) is 0 Å². The van der Waals surface area contributed by atoms with Crippen LogP contribution in [0.5, 0.6) is 0 Å². The lowest BCUT2D eigenvalue weighted by atomic mass is 9.73. The first-order valence-corrected chi connectivity index (χ1v) is 11.9. The summed E-state index contributed by atoms with van der Waals surface area (Å²) < 4.78 is 55.3. The monoisotopic (exact) mass is 452 g/mol. The summed E-state index contributed by atoms with van der Waals surface area (Å²) in [7, 11) is 2.00. The van der Waals surface area contributed by atoms with Crippen LogP contribution in [0.15, 0.2) is 0 Å². The van der Waals surface area contributed by atoms with Crippen LogP contribution in [0.2, 0.25) is 0 Å². The topological polar surface area (TPSA) is 47.6 Å². The second-order valence-electron chi connectivity index (χ2n) is 9.49. The number of likely N-dealkylation sites (tertiary alicyclic amines) is 1. The molecule has 172 valence electrons. The van der Waals surface area contributed by atoms with E-state index in [2.05, 4.69) is 22.7 Å². The molecule has 2 heterocycles. The fraction of sp³-hybridized carbons (Fsp3) is 0.950. The predicted octanol–water partition coefficient (Wildman–Crippen LogP) is 3.33. The van der Waals surface area contributed by atoms with Crippen molar-refractivity contribution in [2.45, 2.75) is 74.6 Å². The number of hydrazine groups is 1. The maximum atomic E-state index is 14.7. The minimum atomic E-state index is -4.27. The number of halogens is 4. The summed E-state index contributed by atoms with van der Waals surface area (Å²) in [6.45, 7) is 2.95. The Morgan fingerprint density at radius 1 is 1.20 bits per heavy atom. The fourth-order valence-electron chi connectivity index (χ4n) is 5.90. The molecule has 0 aromatic heterocycles. The van der Waals surface area contributed by atoms with E-state index in [1.165, 1.54) is 0 Å². The van der Waals surface area contributed by atoms with Gasteiger partial charge in [0, 0.05) is 23.8 Å². The Kier molecular flexibility index (Phi) is 6.59. The van der Waals surface area contributed by atoms with E-state index >= 15 is 0 Å². The number of thioether (sulfide) groups is 1. The Hall–Kier alpha value is -0.580. The molecule has 0 aromatic rings. The maximum absolute atomic E-state index is 14.7. The first-order valence-electron chi connectivity index (χ1n) is 11.0. The minimum Gasteiger partial charge on any atom is -0.339 e. The molecule has 0 bridgehead atoms. The zero-order valence-electron chi connectivity index (χ0n) is 17.5. The Balaban J connectivity index is 1.43. The summed E-state index contributed by atoms with van der Waals surface area (Å²) in [5.41, 5.74) is 6.37. The zero-order valence-corrected chi connectivity index (χ0v) is 18.3. The molecule has 30 heavy (non-hydrogen) atoms. The molecule has 2 aliphatic heterocycles. The number of carbonyl (C=O) groups excluding carboxylic acids is 1. The lowest BCUT2D eigenvalue weighted by Crippen LogP contribution is -2.45. The number of carbonyl (C=O) groups is 1. The molecular weight excluding hydrogens is 420 g/mol. The first-order chi connectivity index (χ1) is 14.1. The number of hydrogen-bond donors (Lipinski definition) is 2. The van der Waals surface area contributed by atoms with Gasteiger partial charge in [-0.25, -0.2) is 15.2 Å². The molecule has 8 atom stereocenters. The van der Waals surface area contributed by atoms with Crippen molar-refractivity contribution in [3.8, 4) is 0 Å². The quantitative estimate of drug-likeness (QED) is 0.641. The second kappa shape index (κ2) is 8.75. The van der Waals surface area contributed by atoms with Gasteiger partial charge in [0.1, 0.15) is 11.7 Å². The van der Waals surface area contributed by atoms with Gasteiger partial charge in [0.05, 0.1) is 12.6 Å². The van der Waals surface area contributed by atoms with Crippen molar-refractivity contribution >= 4 is 17.7 Å². The molecule has 2 N–H and O–H groups in total. The van der Waals surface area contributed by atoms with Gasteiger partial charge < -0.3 is 4.90 Å². The van der Waals surface area contributed by atoms with Crippen molar-refractivity contribution in [1.29, 1.82) is 0 Å². The van der Waals surface area contributed by atoms with E-state index in [1.54, 1.807) is 16.7 Å². The van der Waals surface area contributed by atoms with Crippen molar-refractivity contribution in [2.75, 3.05) is 20.3 Å². The Morgan fingerprint density at radius 3 is 2.63 bits per heavy atom. The smallest absolute Gasteiger partial charge is 0.339 e. The van der Waals surface area contributed by atoms with Gasteiger partial charge in [-0.2, -0.15) is 13.2 Å². The number of hydrogen-bond acceptors (Lipinski definition) is 5. The molecule has 2 aliphatic carbocycles. The van der Waals surface area contributed by atoms with Crippen LogP contribution in [-0.4, -0.2) is 65.1 Å². The van der Waals surface area contributed by atoms with Crippen molar-refractivity contribution in [3.63, 3.8) is 0 Å². The lowest BCUT2D eigenvalue weighted by Gasteiger charge is -2.40.